The molecule has 2 amide bonds. The number of alkyl halides is 1. The first kappa shape index (κ1) is 26.0. The molecule has 9 nitrogen and oxygen atoms in total. The van der Waals surface area contributed by atoms with E-state index in [1.807, 2.05) is 0 Å². The zero-order chi connectivity index (χ0) is 26.8. The van der Waals surface area contributed by atoms with Crippen molar-refractivity contribution in [3.8, 4) is 17.0 Å². The number of benzene rings is 1. The number of aromatic nitrogens is 3. The van der Waals surface area contributed by atoms with Crippen molar-refractivity contribution in [1.82, 2.24) is 25.6 Å². The quantitative estimate of drug-likeness (QED) is 0.391. The third kappa shape index (κ3) is 5.62. The van der Waals surface area contributed by atoms with Crippen molar-refractivity contribution in [2.24, 2.45) is 5.92 Å². The Hall–Kier alpha value is -3.60. The number of H-pyrrole nitrogens is 1. The molecule has 11 heteroatoms. The molecule has 0 bridgehead atoms. The molecule has 0 radical (unpaired) electrons. The second kappa shape index (κ2) is 11.0. The Morgan fingerprint density at radius 3 is 2.71 bits per heavy atom. The Bertz CT molecular complexity index is 1340. The minimum absolute atomic E-state index is 0.0823. The van der Waals surface area contributed by atoms with Crippen LogP contribution >= 0.6 is 0 Å². The molecule has 2 heterocycles. The normalized spacial score (nSPS) is 21.3. The first-order valence-corrected chi connectivity index (χ1v) is 12.8. The van der Waals surface area contributed by atoms with Gasteiger partial charge in [0.1, 0.15) is 41.9 Å². The highest BCUT2D eigenvalue weighted by molar-refractivity contribution is 6.09. The molecule has 2 aromatic heterocycles. The molecule has 0 unspecified atom stereocenters. The van der Waals surface area contributed by atoms with E-state index in [4.69, 9.17) is 9.47 Å². The summed E-state index contributed by atoms with van der Waals surface area (Å²) in [5.41, 5.74) is 2.52. The maximum absolute atomic E-state index is 15.0. The third-order valence-corrected chi connectivity index (χ3v) is 7.10. The van der Waals surface area contributed by atoms with Crippen molar-refractivity contribution in [1.29, 1.82) is 0 Å². The Morgan fingerprint density at radius 2 is 1.97 bits per heavy atom. The van der Waals surface area contributed by atoms with Crippen LogP contribution < -0.4 is 15.4 Å². The van der Waals surface area contributed by atoms with Gasteiger partial charge < -0.3 is 25.1 Å². The maximum Gasteiger partial charge on any atom is 0.255 e. The predicted octanol–water partition coefficient (Wildman–Crippen LogP) is 3.61. The van der Waals surface area contributed by atoms with E-state index in [0.717, 1.165) is 12.8 Å². The number of nitrogens with zero attached hydrogens (tertiary/aromatic N) is 2. The van der Waals surface area contributed by atoms with E-state index in [1.54, 1.807) is 13.0 Å². The first-order chi connectivity index (χ1) is 18.3. The maximum atomic E-state index is 15.0. The van der Waals surface area contributed by atoms with Gasteiger partial charge in [0.05, 0.1) is 23.7 Å². The molecule has 202 valence electrons. The van der Waals surface area contributed by atoms with Crippen LogP contribution in [-0.4, -0.2) is 65.3 Å². The van der Waals surface area contributed by atoms with E-state index in [0.29, 0.717) is 59.1 Å². The van der Waals surface area contributed by atoms with Crippen LogP contribution in [0, 0.1) is 18.7 Å². The van der Waals surface area contributed by atoms with Crippen LogP contribution in [0.15, 0.2) is 24.5 Å². The molecular formula is C27H31F2N5O4. The standard InChI is InChI=1S/C27H31F2N5O4/c1-14-23(27(36)34-20-7-6-17(10-19(20)29)33-22(35)12-37-2)25-26(32-14)24(30-13-31-25)18-9-16(28)5-8-21(18)38-11-15-3-4-15/h5,8-9,13,15,17,19-20,32H,3-4,6-7,10-12H2,1-2H3,(H,33,35)(H,34,36)/t17-,19-,20-/m1/s1. The van der Waals surface area contributed by atoms with E-state index in [2.05, 4.69) is 25.6 Å². The smallest absolute Gasteiger partial charge is 0.255 e. The number of aryl methyl sites for hydroxylation is 1. The Morgan fingerprint density at radius 1 is 1.16 bits per heavy atom. The summed E-state index contributed by atoms with van der Waals surface area (Å²) in [4.78, 5) is 37.0. The lowest BCUT2D eigenvalue weighted by Gasteiger charge is -2.32. The molecule has 0 saturated heterocycles. The van der Waals surface area contributed by atoms with Crippen molar-refractivity contribution in [3.05, 3.63) is 41.6 Å². The van der Waals surface area contributed by atoms with E-state index in [9.17, 15) is 18.4 Å². The molecule has 2 fully saturated rings. The highest BCUT2D eigenvalue weighted by Crippen LogP contribution is 2.37. The predicted molar refractivity (Wildman–Crippen MR) is 136 cm³/mol. The largest absolute Gasteiger partial charge is 0.493 e. The lowest BCUT2D eigenvalue weighted by Crippen LogP contribution is -2.50. The highest BCUT2D eigenvalue weighted by atomic mass is 19.1. The fourth-order valence-electron chi connectivity index (χ4n) is 4.96. The molecule has 2 aliphatic carbocycles. The molecule has 2 saturated carbocycles. The number of methoxy groups -OCH3 is 1. The molecule has 3 aromatic rings. The summed E-state index contributed by atoms with van der Waals surface area (Å²) in [7, 11) is 1.42. The summed E-state index contributed by atoms with van der Waals surface area (Å²) in [6, 6.07) is 3.27. The van der Waals surface area contributed by atoms with Gasteiger partial charge in [-0.25, -0.2) is 18.7 Å². The summed E-state index contributed by atoms with van der Waals surface area (Å²) >= 11 is 0. The number of fused-ring (bicyclic) bond motifs is 1. The lowest BCUT2D eigenvalue weighted by atomic mass is 9.89. The van der Waals surface area contributed by atoms with Gasteiger partial charge in [0, 0.05) is 30.8 Å². The monoisotopic (exact) mass is 527 g/mol. The molecular weight excluding hydrogens is 496 g/mol. The number of rotatable bonds is 9. The zero-order valence-electron chi connectivity index (χ0n) is 21.4. The van der Waals surface area contributed by atoms with Gasteiger partial charge in [-0.2, -0.15) is 0 Å². The molecule has 0 aliphatic heterocycles. The van der Waals surface area contributed by atoms with Crippen LogP contribution in [0.5, 0.6) is 5.75 Å². The minimum atomic E-state index is -1.32. The van der Waals surface area contributed by atoms with Gasteiger partial charge in [0.15, 0.2) is 0 Å². The number of hydrogen-bond acceptors (Lipinski definition) is 6. The van der Waals surface area contributed by atoms with Crippen molar-refractivity contribution >= 4 is 22.8 Å². The number of carbonyl (C=O) groups is 2. The number of carbonyl (C=O) groups excluding carboxylic acids is 2. The fourth-order valence-corrected chi connectivity index (χ4v) is 4.96. The Balaban J connectivity index is 1.36. The van der Waals surface area contributed by atoms with Crippen molar-refractivity contribution in [2.75, 3.05) is 20.3 Å². The van der Waals surface area contributed by atoms with Crippen molar-refractivity contribution in [2.45, 2.75) is 57.3 Å². The van der Waals surface area contributed by atoms with Gasteiger partial charge in [-0.3, -0.25) is 9.59 Å². The van der Waals surface area contributed by atoms with Gasteiger partial charge in [0.2, 0.25) is 5.91 Å². The molecule has 38 heavy (non-hydrogen) atoms. The van der Waals surface area contributed by atoms with E-state index in [1.165, 1.54) is 25.6 Å². The van der Waals surface area contributed by atoms with Crippen LogP contribution in [0.4, 0.5) is 8.78 Å². The SMILES string of the molecule is COCC(=O)N[C@@H]1CC[C@@H](NC(=O)c2c(C)[nH]c3c(-c4cc(F)ccc4OCC4CC4)ncnc23)[C@H](F)C1. The van der Waals surface area contributed by atoms with Gasteiger partial charge in [-0.05, 0) is 56.7 Å². The van der Waals surface area contributed by atoms with Crippen LogP contribution in [0.3, 0.4) is 0 Å². The Kier molecular flexibility index (Phi) is 7.55. The molecule has 3 N–H and O–H groups in total. The van der Waals surface area contributed by atoms with Crippen LogP contribution in [0.1, 0.15) is 48.2 Å². The minimum Gasteiger partial charge on any atom is -0.493 e. The number of nitrogens with one attached hydrogen (secondary N) is 3. The average Bonchev–Trinajstić information content (AvgIpc) is 3.64. The number of aromatic amines is 1. The number of ether oxygens (including phenoxy) is 2. The van der Waals surface area contributed by atoms with Crippen molar-refractivity contribution < 1.29 is 27.8 Å². The highest BCUT2D eigenvalue weighted by Gasteiger charge is 2.33. The lowest BCUT2D eigenvalue weighted by molar-refractivity contribution is -0.125. The molecule has 5 rings (SSSR count). The van der Waals surface area contributed by atoms with Gasteiger partial charge >= 0.3 is 0 Å². The van der Waals surface area contributed by atoms with Crippen molar-refractivity contribution in [3.63, 3.8) is 0 Å². The summed E-state index contributed by atoms with van der Waals surface area (Å²) < 4.78 is 40.0. The van der Waals surface area contributed by atoms with Gasteiger partial charge in [-0.15, -0.1) is 0 Å². The third-order valence-electron chi connectivity index (χ3n) is 7.10. The summed E-state index contributed by atoms with van der Waals surface area (Å²) in [6.07, 6.45) is 3.24. The van der Waals surface area contributed by atoms with E-state index >= 15 is 0 Å². The molecule has 0 spiro atoms. The van der Waals surface area contributed by atoms with Crippen LogP contribution in [0.25, 0.3) is 22.3 Å². The second-order valence-corrected chi connectivity index (χ2v) is 10.1. The summed E-state index contributed by atoms with van der Waals surface area (Å²) in [5, 5.41) is 5.56. The Labute approximate surface area is 218 Å². The van der Waals surface area contributed by atoms with Gasteiger partial charge in [0.25, 0.3) is 5.91 Å². The summed E-state index contributed by atoms with van der Waals surface area (Å²) in [6.45, 7) is 2.19. The molecule has 3 atom stereocenters. The van der Waals surface area contributed by atoms with E-state index in [-0.39, 0.29) is 30.5 Å². The van der Waals surface area contributed by atoms with Crippen LogP contribution in [-0.2, 0) is 9.53 Å². The number of hydrogen-bond donors (Lipinski definition) is 3. The fraction of sp³-hybridized carbons (Fsp3) is 0.481. The van der Waals surface area contributed by atoms with Crippen LogP contribution in [0.2, 0.25) is 0 Å². The second-order valence-electron chi connectivity index (χ2n) is 10.1. The topological polar surface area (TPSA) is 118 Å². The summed E-state index contributed by atoms with van der Waals surface area (Å²) in [5.74, 6) is -0.174. The molecule has 1 aromatic carbocycles. The first-order valence-electron chi connectivity index (χ1n) is 12.8. The molecule has 2 aliphatic rings. The number of amides is 2. The van der Waals surface area contributed by atoms with Gasteiger partial charge in [-0.1, -0.05) is 0 Å². The number of halogens is 2. The average molecular weight is 528 g/mol. The van der Waals surface area contributed by atoms with E-state index < -0.39 is 23.9 Å². The zero-order valence-corrected chi connectivity index (χ0v) is 21.4.